The largest absolute Gasteiger partial charge is 0.392 e. The maximum Gasteiger partial charge on any atom is 0.255 e. The van der Waals surface area contributed by atoms with Crippen LogP contribution in [0.4, 0.5) is 5.69 Å². The number of rotatable bonds is 10. The molecular formula is C35H38N2O5. The Morgan fingerprint density at radius 3 is 2.14 bits per heavy atom. The van der Waals surface area contributed by atoms with Gasteiger partial charge in [0.1, 0.15) is 0 Å². The average Bonchev–Trinajstić information content (AvgIpc) is 3.05. The molecule has 0 radical (unpaired) electrons. The maximum atomic E-state index is 12.6. The number of hydrogen-bond acceptors (Lipinski definition) is 6. The normalized spacial score (nSPS) is 20.2. The SMILES string of the molecule is C[C@@H]([C@H](O)c1ccccc1)N(C)C[C@H]1C[C@@H](c2ccc(CO)cc2)O[C@@H](c2ccc(NC(=O)c3ccccc3)cc2)O1. The molecule has 7 nitrogen and oxygen atoms in total. The van der Waals surface area contributed by atoms with Gasteiger partial charge in [-0.3, -0.25) is 9.69 Å². The first kappa shape index (κ1) is 29.6. The number of nitrogens with zero attached hydrogens (tertiary/aromatic N) is 1. The van der Waals surface area contributed by atoms with Crippen LogP contribution in [-0.4, -0.2) is 46.8 Å². The first-order chi connectivity index (χ1) is 20.4. The third-order valence-electron chi connectivity index (χ3n) is 7.88. The Balaban J connectivity index is 1.31. The number of amides is 1. The van der Waals surface area contributed by atoms with E-state index in [9.17, 15) is 15.0 Å². The van der Waals surface area contributed by atoms with Gasteiger partial charge in [0.05, 0.1) is 24.9 Å². The summed E-state index contributed by atoms with van der Waals surface area (Å²) in [5.74, 6) is -0.171. The van der Waals surface area contributed by atoms with Crippen LogP contribution in [0.15, 0.2) is 109 Å². The average molecular weight is 567 g/mol. The minimum absolute atomic E-state index is 0.0141. The van der Waals surface area contributed by atoms with E-state index >= 15 is 0 Å². The monoisotopic (exact) mass is 566 g/mol. The number of carbonyl (C=O) groups excluding carboxylic acids is 1. The van der Waals surface area contributed by atoms with Gasteiger partial charge in [0, 0.05) is 35.8 Å². The van der Waals surface area contributed by atoms with Crippen molar-refractivity contribution >= 4 is 11.6 Å². The molecule has 1 aliphatic rings. The van der Waals surface area contributed by atoms with Crippen LogP contribution in [0.3, 0.4) is 0 Å². The summed E-state index contributed by atoms with van der Waals surface area (Å²) in [6, 6.07) is 34.0. The van der Waals surface area contributed by atoms with Crippen molar-refractivity contribution in [3.63, 3.8) is 0 Å². The van der Waals surface area contributed by atoms with E-state index in [2.05, 4.69) is 10.2 Å². The van der Waals surface area contributed by atoms with Crippen molar-refractivity contribution in [2.24, 2.45) is 0 Å². The summed E-state index contributed by atoms with van der Waals surface area (Å²) in [4.78, 5) is 14.7. The van der Waals surface area contributed by atoms with Gasteiger partial charge >= 0.3 is 0 Å². The van der Waals surface area contributed by atoms with Crippen molar-refractivity contribution in [2.45, 2.75) is 50.6 Å². The topological polar surface area (TPSA) is 91.3 Å². The van der Waals surface area contributed by atoms with Crippen LogP contribution in [0, 0.1) is 0 Å². The zero-order valence-electron chi connectivity index (χ0n) is 24.0. The number of ether oxygens (including phenoxy) is 2. The number of aliphatic hydroxyl groups excluding tert-OH is 2. The van der Waals surface area contributed by atoms with E-state index in [1.54, 1.807) is 12.1 Å². The lowest BCUT2D eigenvalue weighted by Gasteiger charge is -2.39. The summed E-state index contributed by atoms with van der Waals surface area (Å²) >= 11 is 0. The third-order valence-corrected chi connectivity index (χ3v) is 7.88. The second-order valence-electron chi connectivity index (χ2n) is 10.8. The number of benzene rings is 4. The second kappa shape index (κ2) is 13.9. The van der Waals surface area contributed by atoms with Crippen LogP contribution >= 0.6 is 0 Å². The molecule has 218 valence electrons. The minimum atomic E-state index is -0.632. The molecule has 3 N–H and O–H groups in total. The van der Waals surface area contributed by atoms with E-state index in [1.165, 1.54) is 0 Å². The van der Waals surface area contributed by atoms with Crippen LogP contribution in [0.1, 0.15) is 64.5 Å². The van der Waals surface area contributed by atoms with E-state index < -0.39 is 12.4 Å². The molecule has 5 atom stereocenters. The van der Waals surface area contributed by atoms with E-state index in [-0.39, 0.29) is 30.8 Å². The fourth-order valence-electron chi connectivity index (χ4n) is 5.21. The van der Waals surface area contributed by atoms with E-state index in [1.807, 2.05) is 111 Å². The number of aliphatic hydroxyl groups is 2. The molecule has 0 aromatic heterocycles. The maximum absolute atomic E-state index is 12.6. The van der Waals surface area contributed by atoms with Crippen molar-refractivity contribution < 1.29 is 24.5 Å². The Bertz CT molecular complexity index is 1410. The second-order valence-corrected chi connectivity index (χ2v) is 10.8. The van der Waals surface area contributed by atoms with Gasteiger partial charge in [-0.05, 0) is 54.9 Å². The lowest BCUT2D eigenvalue weighted by Crippen LogP contribution is -2.43. The molecule has 42 heavy (non-hydrogen) atoms. The summed E-state index contributed by atoms with van der Waals surface area (Å²) in [5, 5.41) is 23.4. The molecule has 1 aliphatic heterocycles. The highest BCUT2D eigenvalue weighted by molar-refractivity contribution is 6.04. The zero-order chi connectivity index (χ0) is 29.5. The number of anilines is 1. The fraction of sp³-hybridized carbons (Fsp3) is 0.286. The molecule has 1 amide bonds. The molecular weight excluding hydrogens is 528 g/mol. The predicted octanol–water partition coefficient (Wildman–Crippen LogP) is 6.03. The van der Waals surface area contributed by atoms with Gasteiger partial charge in [0.2, 0.25) is 0 Å². The molecule has 0 aliphatic carbocycles. The highest BCUT2D eigenvalue weighted by atomic mass is 16.7. The van der Waals surface area contributed by atoms with E-state index in [0.717, 1.165) is 22.3 Å². The van der Waals surface area contributed by atoms with E-state index in [4.69, 9.17) is 9.47 Å². The molecule has 0 saturated carbocycles. The lowest BCUT2D eigenvalue weighted by molar-refractivity contribution is -0.253. The number of likely N-dealkylation sites (N-methyl/N-ethyl adjacent to an activating group) is 1. The fourth-order valence-corrected chi connectivity index (χ4v) is 5.21. The quantitative estimate of drug-likeness (QED) is 0.217. The molecule has 1 heterocycles. The summed E-state index contributed by atoms with van der Waals surface area (Å²) in [6.07, 6.45) is -1.00. The van der Waals surface area contributed by atoms with Gasteiger partial charge in [0.25, 0.3) is 5.91 Å². The first-order valence-electron chi connectivity index (χ1n) is 14.3. The van der Waals surface area contributed by atoms with Crippen LogP contribution in [0.25, 0.3) is 0 Å². The highest BCUT2D eigenvalue weighted by Crippen LogP contribution is 2.38. The number of carbonyl (C=O) groups is 1. The van der Waals surface area contributed by atoms with Crippen LogP contribution in [-0.2, 0) is 16.1 Å². The van der Waals surface area contributed by atoms with Gasteiger partial charge < -0.3 is 25.0 Å². The van der Waals surface area contributed by atoms with Crippen molar-refractivity contribution in [1.29, 1.82) is 0 Å². The van der Waals surface area contributed by atoms with Gasteiger partial charge in [-0.25, -0.2) is 0 Å². The van der Waals surface area contributed by atoms with Crippen molar-refractivity contribution in [1.82, 2.24) is 4.90 Å². The van der Waals surface area contributed by atoms with Gasteiger partial charge in [-0.1, -0.05) is 84.9 Å². The first-order valence-corrected chi connectivity index (χ1v) is 14.3. The molecule has 4 aromatic rings. The molecule has 7 heteroatoms. The lowest BCUT2D eigenvalue weighted by atomic mass is 9.98. The molecule has 4 aromatic carbocycles. The number of nitrogens with one attached hydrogen (secondary N) is 1. The third kappa shape index (κ3) is 7.31. The van der Waals surface area contributed by atoms with Crippen LogP contribution in [0.5, 0.6) is 0 Å². The Hall–Kier alpha value is -3.85. The Labute approximate surface area is 247 Å². The summed E-state index contributed by atoms with van der Waals surface area (Å²) < 4.78 is 13.0. The van der Waals surface area contributed by atoms with Crippen molar-refractivity contribution in [3.8, 4) is 0 Å². The Morgan fingerprint density at radius 2 is 1.50 bits per heavy atom. The van der Waals surface area contributed by atoms with Crippen molar-refractivity contribution in [2.75, 3.05) is 18.9 Å². The minimum Gasteiger partial charge on any atom is -0.392 e. The molecule has 1 fully saturated rings. The van der Waals surface area contributed by atoms with Gasteiger partial charge in [-0.15, -0.1) is 0 Å². The molecule has 0 unspecified atom stereocenters. The number of hydrogen-bond donors (Lipinski definition) is 3. The summed E-state index contributed by atoms with van der Waals surface area (Å²) in [7, 11) is 2.00. The van der Waals surface area contributed by atoms with Crippen LogP contribution in [0.2, 0.25) is 0 Å². The highest BCUT2D eigenvalue weighted by Gasteiger charge is 2.34. The van der Waals surface area contributed by atoms with Crippen LogP contribution < -0.4 is 5.32 Å². The molecule has 0 spiro atoms. The van der Waals surface area contributed by atoms with Gasteiger partial charge in [0.15, 0.2) is 6.29 Å². The Kier molecular flexibility index (Phi) is 9.79. The zero-order valence-corrected chi connectivity index (χ0v) is 24.0. The smallest absolute Gasteiger partial charge is 0.255 e. The molecule has 5 rings (SSSR count). The molecule has 0 bridgehead atoms. The Morgan fingerprint density at radius 1 is 0.881 bits per heavy atom. The van der Waals surface area contributed by atoms with Gasteiger partial charge in [-0.2, -0.15) is 0 Å². The summed E-state index contributed by atoms with van der Waals surface area (Å²) in [5.41, 5.74) is 4.85. The van der Waals surface area contributed by atoms with Crippen molar-refractivity contribution in [3.05, 3.63) is 137 Å². The summed E-state index contributed by atoms with van der Waals surface area (Å²) in [6.45, 7) is 2.60. The molecule has 1 saturated heterocycles. The predicted molar refractivity (Wildman–Crippen MR) is 163 cm³/mol. The van der Waals surface area contributed by atoms with E-state index in [0.29, 0.717) is 24.2 Å². The standard InChI is InChI=1S/C35H38N2O5/c1-24(33(39)27-9-5-3-6-10-27)37(2)22-31-21-32(26-15-13-25(23-38)14-16-26)42-35(41-31)29-17-19-30(20-18-29)36-34(40)28-11-7-4-8-12-28/h3-20,24,31-33,35,38-39H,21-23H2,1-2H3,(H,36,40)/t24-,31+,32-,33-,35-/m0/s1.